The van der Waals surface area contributed by atoms with Gasteiger partial charge in [-0.25, -0.2) is 4.79 Å². The number of carboxylic acids is 1. The van der Waals surface area contributed by atoms with Crippen molar-refractivity contribution in [3.63, 3.8) is 0 Å². The molecule has 0 fully saturated rings. The Morgan fingerprint density at radius 3 is 2.57 bits per heavy atom. The van der Waals surface area contributed by atoms with E-state index in [9.17, 15) is 19.7 Å². The van der Waals surface area contributed by atoms with E-state index in [-0.39, 0.29) is 17.2 Å². The number of hydrogen-bond donors (Lipinski definition) is 1. The summed E-state index contributed by atoms with van der Waals surface area (Å²) in [6.07, 6.45) is 0. The van der Waals surface area contributed by atoms with Gasteiger partial charge in [0.25, 0.3) is 11.2 Å². The van der Waals surface area contributed by atoms with Crippen LogP contribution in [0.1, 0.15) is 24.2 Å². The van der Waals surface area contributed by atoms with Crippen LogP contribution in [0.5, 0.6) is 0 Å². The Morgan fingerprint density at radius 2 is 2.00 bits per heavy atom. The molecule has 0 aliphatic heterocycles. The molecule has 0 aliphatic carbocycles. The molecule has 1 heterocycles. The van der Waals surface area contributed by atoms with Gasteiger partial charge < -0.3 is 9.67 Å². The molecule has 0 unspecified atom stereocenters. The lowest BCUT2D eigenvalue weighted by Crippen LogP contribution is -2.29. The molecular weight excluding hydrogens is 300 g/mol. The second-order valence-corrected chi connectivity index (χ2v) is 5.55. The first-order valence-electron chi connectivity index (χ1n) is 7.03. The Hall–Kier alpha value is -2.96. The average molecular weight is 316 g/mol. The lowest BCUT2D eigenvalue weighted by atomic mass is 10.1. The van der Waals surface area contributed by atoms with Crippen molar-refractivity contribution in [2.45, 2.75) is 20.4 Å². The van der Waals surface area contributed by atoms with Crippen molar-refractivity contribution in [1.82, 2.24) is 4.57 Å². The Kier molecular flexibility index (Phi) is 4.59. The number of nitrogens with zero attached hydrogens (tertiary/aromatic N) is 2. The molecule has 23 heavy (non-hydrogen) atoms. The number of benzene rings is 1. The SMILES string of the molecule is CC(C)Cn1c(-c2cccc([N+](=O)[O-])c2)ccc(C(=O)O)c1=O. The molecule has 1 aromatic heterocycles. The molecule has 0 amide bonds. The number of carboxylic acid groups (broad SMARTS) is 1. The number of hydrogen-bond acceptors (Lipinski definition) is 4. The zero-order valence-corrected chi connectivity index (χ0v) is 12.7. The van der Waals surface area contributed by atoms with E-state index in [0.717, 1.165) is 0 Å². The largest absolute Gasteiger partial charge is 0.477 e. The number of nitro groups is 1. The van der Waals surface area contributed by atoms with Gasteiger partial charge >= 0.3 is 5.97 Å². The first-order chi connectivity index (χ1) is 10.8. The number of rotatable bonds is 5. The molecule has 0 spiro atoms. The van der Waals surface area contributed by atoms with E-state index >= 15 is 0 Å². The number of pyridine rings is 1. The summed E-state index contributed by atoms with van der Waals surface area (Å²) in [6.45, 7) is 4.12. The van der Waals surface area contributed by atoms with Crippen LogP contribution in [0.3, 0.4) is 0 Å². The molecule has 0 bridgehead atoms. The van der Waals surface area contributed by atoms with Gasteiger partial charge in [-0.1, -0.05) is 26.0 Å². The maximum Gasteiger partial charge on any atom is 0.341 e. The van der Waals surface area contributed by atoms with Crippen LogP contribution in [0.25, 0.3) is 11.3 Å². The Morgan fingerprint density at radius 1 is 1.30 bits per heavy atom. The first-order valence-corrected chi connectivity index (χ1v) is 7.03. The Balaban J connectivity index is 2.69. The van der Waals surface area contributed by atoms with Crippen molar-refractivity contribution in [3.05, 3.63) is 62.4 Å². The summed E-state index contributed by atoms with van der Waals surface area (Å²) in [5, 5.41) is 20.0. The molecule has 0 atom stereocenters. The average Bonchev–Trinajstić information content (AvgIpc) is 2.48. The zero-order chi connectivity index (χ0) is 17.1. The molecule has 120 valence electrons. The van der Waals surface area contributed by atoms with E-state index in [4.69, 9.17) is 5.11 Å². The quantitative estimate of drug-likeness (QED) is 0.675. The Labute approximate surface area is 132 Å². The minimum absolute atomic E-state index is 0.0895. The predicted octanol–water partition coefficient (Wildman–Crippen LogP) is 2.78. The van der Waals surface area contributed by atoms with Gasteiger partial charge in [-0.2, -0.15) is 0 Å². The maximum absolute atomic E-state index is 12.4. The van der Waals surface area contributed by atoms with E-state index in [1.807, 2.05) is 13.8 Å². The van der Waals surface area contributed by atoms with Gasteiger partial charge in [0.15, 0.2) is 0 Å². The van der Waals surface area contributed by atoms with E-state index < -0.39 is 16.5 Å². The molecule has 0 radical (unpaired) electrons. The van der Waals surface area contributed by atoms with E-state index in [0.29, 0.717) is 17.8 Å². The number of aromatic carboxylic acids is 1. The maximum atomic E-state index is 12.4. The van der Waals surface area contributed by atoms with Gasteiger partial charge in [-0.3, -0.25) is 14.9 Å². The van der Waals surface area contributed by atoms with Gasteiger partial charge in [-0.15, -0.1) is 0 Å². The fourth-order valence-electron chi connectivity index (χ4n) is 2.32. The number of aromatic nitrogens is 1. The lowest BCUT2D eigenvalue weighted by Gasteiger charge is -2.15. The van der Waals surface area contributed by atoms with Crippen LogP contribution in [0, 0.1) is 16.0 Å². The minimum atomic E-state index is -1.29. The van der Waals surface area contributed by atoms with Crippen molar-refractivity contribution in [3.8, 4) is 11.3 Å². The molecule has 0 saturated heterocycles. The summed E-state index contributed by atoms with van der Waals surface area (Å²) in [7, 11) is 0. The van der Waals surface area contributed by atoms with Crippen LogP contribution in [-0.4, -0.2) is 20.6 Å². The van der Waals surface area contributed by atoms with Crippen molar-refractivity contribution >= 4 is 11.7 Å². The summed E-state index contributed by atoms with van der Waals surface area (Å²) in [4.78, 5) is 34.0. The smallest absolute Gasteiger partial charge is 0.341 e. The van der Waals surface area contributed by atoms with E-state index in [1.165, 1.54) is 34.9 Å². The molecule has 2 rings (SSSR count). The van der Waals surface area contributed by atoms with E-state index in [1.54, 1.807) is 6.07 Å². The third-order valence-electron chi connectivity index (χ3n) is 3.31. The summed E-state index contributed by atoms with van der Waals surface area (Å²) < 4.78 is 1.35. The summed E-state index contributed by atoms with van der Waals surface area (Å²) >= 11 is 0. The molecule has 7 heteroatoms. The minimum Gasteiger partial charge on any atom is -0.477 e. The monoisotopic (exact) mass is 316 g/mol. The summed E-state index contributed by atoms with van der Waals surface area (Å²) in [6, 6.07) is 8.65. The number of nitro benzene ring substituents is 1. The lowest BCUT2D eigenvalue weighted by molar-refractivity contribution is -0.384. The van der Waals surface area contributed by atoms with Gasteiger partial charge in [0.1, 0.15) is 5.56 Å². The van der Waals surface area contributed by atoms with Crippen molar-refractivity contribution in [1.29, 1.82) is 0 Å². The standard InChI is InChI=1S/C16H16N2O5/c1-10(2)9-17-14(7-6-13(15(17)19)16(20)21)11-4-3-5-12(8-11)18(22)23/h3-8,10H,9H2,1-2H3,(H,20,21). The molecule has 0 aliphatic rings. The fourth-order valence-corrected chi connectivity index (χ4v) is 2.32. The van der Waals surface area contributed by atoms with Crippen molar-refractivity contribution in [2.24, 2.45) is 5.92 Å². The third kappa shape index (κ3) is 3.45. The highest BCUT2D eigenvalue weighted by Gasteiger charge is 2.17. The zero-order valence-electron chi connectivity index (χ0n) is 12.7. The molecule has 1 N–H and O–H groups in total. The first kappa shape index (κ1) is 16.4. The highest BCUT2D eigenvalue weighted by Crippen LogP contribution is 2.24. The highest BCUT2D eigenvalue weighted by atomic mass is 16.6. The fraction of sp³-hybridized carbons (Fsp3) is 0.250. The normalized spacial score (nSPS) is 10.7. The molecule has 7 nitrogen and oxygen atoms in total. The van der Waals surface area contributed by atoms with Gasteiger partial charge in [0.05, 0.1) is 10.6 Å². The predicted molar refractivity (Wildman–Crippen MR) is 84.6 cm³/mol. The summed E-state index contributed by atoms with van der Waals surface area (Å²) in [5.74, 6) is -1.19. The third-order valence-corrected chi connectivity index (χ3v) is 3.31. The summed E-state index contributed by atoms with van der Waals surface area (Å²) in [5.41, 5.74) is -0.0744. The molecule has 1 aromatic carbocycles. The number of non-ortho nitro benzene ring substituents is 1. The molecule has 2 aromatic rings. The van der Waals surface area contributed by atoms with E-state index in [2.05, 4.69) is 0 Å². The van der Waals surface area contributed by atoms with Gasteiger partial charge in [0.2, 0.25) is 0 Å². The van der Waals surface area contributed by atoms with Crippen LogP contribution >= 0.6 is 0 Å². The van der Waals surface area contributed by atoms with Gasteiger partial charge in [-0.05, 0) is 18.1 Å². The van der Waals surface area contributed by atoms with Crippen molar-refractivity contribution < 1.29 is 14.8 Å². The van der Waals surface area contributed by atoms with Crippen LogP contribution in [0.15, 0.2) is 41.2 Å². The molecule has 0 saturated carbocycles. The highest BCUT2D eigenvalue weighted by molar-refractivity contribution is 5.87. The van der Waals surface area contributed by atoms with Crippen LogP contribution in [-0.2, 0) is 6.54 Å². The van der Waals surface area contributed by atoms with Crippen LogP contribution in [0.4, 0.5) is 5.69 Å². The molecular formula is C16H16N2O5. The van der Waals surface area contributed by atoms with Gasteiger partial charge in [0, 0.05) is 24.2 Å². The van der Waals surface area contributed by atoms with Crippen molar-refractivity contribution in [2.75, 3.05) is 0 Å². The number of carbonyl (C=O) groups is 1. The van der Waals surface area contributed by atoms with Crippen LogP contribution < -0.4 is 5.56 Å². The second kappa shape index (κ2) is 6.43. The topological polar surface area (TPSA) is 102 Å². The van der Waals surface area contributed by atoms with Crippen LogP contribution in [0.2, 0.25) is 0 Å². The Bertz CT molecular complexity index is 823. The second-order valence-electron chi connectivity index (χ2n) is 5.55.